The maximum absolute atomic E-state index is 9.23. The average Bonchev–Trinajstić information content (AvgIpc) is 2.31. The van der Waals surface area contributed by atoms with Gasteiger partial charge in [0.2, 0.25) is 0 Å². The molecule has 0 saturated carbocycles. The second-order valence-corrected chi connectivity index (χ2v) is 2.59. The van der Waals surface area contributed by atoms with Crippen molar-refractivity contribution >= 4 is 0 Å². The van der Waals surface area contributed by atoms with Crippen LogP contribution in [-0.4, -0.2) is 48.3 Å². The minimum absolute atomic E-state index is 0.207. The van der Waals surface area contributed by atoms with Gasteiger partial charge in [-0.25, -0.2) is 0 Å². The average molecular weight is 162 g/mol. The van der Waals surface area contributed by atoms with Crippen LogP contribution < -0.4 is 0 Å². The van der Waals surface area contributed by atoms with Crippen molar-refractivity contribution in [1.29, 1.82) is 0 Å². The highest BCUT2D eigenvalue weighted by atomic mass is 16.6. The molecule has 3 atom stereocenters. The topological polar surface area (TPSA) is 58.9 Å². The summed E-state index contributed by atoms with van der Waals surface area (Å²) in [6.07, 6.45) is -1.90. The van der Waals surface area contributed by atoms with Crippen LogP contribution >= 0.6 is 0 Å². The van der Waals surface area contributed by atoms with E-state index in [9.17, 15) is 5.11 Å². The highest BCUT2D eigenvalue weighted by Crippen LogP contribution is 2.13. The molecule has 1 aliphatic rings. The molecule has 0 aromatic heterocycles. The molecule has 0 aliphatic carbocycles. The monoisotopic (exact) mass is 162 g/mol. The lowest BCUT2D eigenvalue weighted by Gasteiger charge is -2.13. The van der Waals surface area contributed by atoms with Gasteiger partial charge in [-0.1, -0.05) is 0 Å². The van der Waals surface area contributed by atoms with E-state index in [2.05, 4.69) is 0 Å². The number of hydrogen-bond acceptors (Lipinski definition) is 4. The number of ether oxygens (including phenoxy) is 2. The normalized spacial score (nSPS) is 37.9. The molecule has 1 saturated heterocycles. The zero-order valence-electron chi connectivity index (χ0n) is 6.56. The first-order valence-electron chi connectivity index (χ1n) is 3.81. The lowest BCUT2D eigenvalue weighted by molar-refractivity contribution is -0.0274. The van der Waals surface area contributed by atoms with Crippen molar-refractivity contribution in [2.75, 3.05) is 19.8 Å². The largest absolute Gasteiger partial charge is 0.388 e. The molecule has 0 aromatic carbocycles. The van der Waals surface area contributed by atoms with E-state index in [1.807, 2.05) is 6.92 Å². The zero-order valence-corrected chi connectivity index (χ0v) is 6.56. The molecular formula is C7H14O4. The van der Waals surface area contributed by atoms with Gasteiger partial charge in [-0.05, 0) is 6.92 Å². The van der Waals surface area contributed by atoms with Gasteiger partial charge in [-0.15, -0.1) is 0 Å². The van der Waals surface area contributed by atoms with E-state index in [1.54, 1.807) is 0 Å². The lowest BCUT2D eigenvalue weighted by atomic mass is 10.2. The first-order valence-corrected chi connectivity index (χ1v) is 3.81. The Balaban J connectivity index is 2.24. The Morgan fingerprint density at radius 1 is 1.55 bits per heavy atom. The number of rotatable bonds is 3. The van der Waals surface area contributed by atoms with Gasteiger partial charge >= 0.3 is 0 Å². The second-order valence-electron chi connectivity index (χ2n) is 2.59. The van der Waals surface area contributed by atoms with Crippen molar-refractivity contribution in [3.05, 3.63) is 0 Å². The summed E-state index contributed by atoms with van der Waals surface area (Å²) in [6, 6.07) is 0. The third-order valence-electron chi connectivity index (χ3n) is 1.74. The van der Waals surface area contributed by atoms with E-state index in [0.717, 1.165) is 0 Å². The molecule has 0 radical (unpaired) electrons. The molecule has 0 spiro atoms. The van der Waals surface area contributed by atoms with Gasteiger partial charge < -0.3 is 19.7 Å². The summed E-state index contributed by atoms with van der Waals surface area (Å²) in [5.41, 5.74) is 0. The van der Waals surface area contributed by atoms with Gasteiger partial charge in [0.1, 0.15) is 18.3 Å². The Labute approximate surface area is 65.7 Å². The summed E-state index contributed by atoms with van der Waals surface area (Å²) in [4.78, 5) is 0. The summed E-state index contributed by atoms with van der Waals surface area (Å²) in [5, 5.41) is 18.3. The van der Waals surface area contributed by atoms with E-state index in [1.165, 1.54) is 0 Å². The number of hydrogen-bond donors (Lipinski definition) is 2. The molecular weight excluding hydrogens is 148 g/mol. The Morgan fingerprint density at radius 2 is 2.27 bits per heavy atom. The molecule has 1 rings (SSSR count). The van der Waals surface area contributed by atoms with Crippen LogP contribution in [-0.2, 0) is 9.47 Å². The van der Waals surface area contributed by atoms with Crippen LogP contribution in [0.4, 0.5) is 0 Å². The predicted octanol–water partition coefficient (Wildman–Crippen LogP) is -0.857. The second kappa shape index (κ2) is 4.01. The molecule has 11 heavy (non-hydrogen) atoms. The molecule has 3 unspecified atom stereocenters. The van der Waals surface area contributed by atoms with Crippen molar-refractivity contribution in [1.82, 2.24) is 0 Å². The van der Waals surface area contributed by atoms with Crippen LogP contribution in [0.3, 0.4) is 0 Å². The summed E-state index contributed by atoms with van der Waals surface area (Å²) in [7, 11) is 0. The molecule has 4 nitrogen and oxygen atoms in total. The minimum Gasteiger partial charge on any atom is -0.388 e. The van der Waals surface area contributed by atoms with Crippen LogP contribution in [0.1, 0.15) is 6.92 Å². The van der Waals surface area contributed by atoms with E-state index in [0.29, 0.717) is 13.2 Å². The molecule has 0 aromatic rings. The molecule has 66 valence electrons. The summed E-state index contributed by atoms with van der Waals surface area (Å²) in [6.45, 7) is 3.04. The molecule has 0 amide bonds. The highest BCUT2D eigenvalue weighted by Gasteiger charge is 2.34. The van der Waals surface area contributed by atoms with Crippen LogP contribution in [0.5, 0.6) is 0 Å². The van der Waals surface area contributed by atoms with E-state index in [4.69, 9.17) is 14.6 Å². The SMILES string of the molecule is CCOCC1OCC(O)C1O. The predicted molar refractivity (Wildman–Crippen MR) is 38.2 cm³/mol. The van der Waals surface area contributed by atoms with Gasteiger partial charge in [0.05, 0.1) is 13.2 Å². The van der Waals surface area contributed by atoms with Crippen LogP contribution in [0.15, 0.2) is 0 Å². The highest BCUT2D eigenvalue weighted by molar-refractivity contribution is 4.82. The first-order chi connectivity index (χ1) is 5.25. The standard InChI is InChI=1S/C7H14O4/c1-2-10-4-6-7(9)5(8)3-11-6/h5-9H,2-4H2,1H3. The van der Waals surface area contributed by atoms with E-state index < -0.39 is 12.2 Å². The maximum Gasteiger partial charge on any atom is 0.110 e. The fourth-order valence-corrected chi connectivity index (χ4v) is 1.05. The fourth-order valence-electron chi connectivity index (χ4n) is 1.05. The van der Waals surface area contributed by atoms with Crippen molar-refractivity contribution in [2.45, 2.75) is 25.2 Å². The quantitative estimate of drug-likeness (QED) is 0.567. The zero-order chi connectivity index (χ0) is 8.27. The first kappa shape index (κ1) is 8.93. The maximum atomic E-state index is 9.23. The molecule has 1 aliphatic heterocycles. The van der Waals surface area contributed by atoms with E-state index in [-0.39, 0.29) is 12.7 Å². The molecule has 1 heterocycles. The van der Waals surface area contributed by atoms with Crippen molar-refractivity contribution < 1.29 is 19.7 Å². The van der Waals surface area contributed by atoms with Crippen LogP contribution in [0, 0.1) is 0 Å². The molecule has 4 heteroatoms. The van der Waals surface area contributed by atoms with Gasteiger partial charge in [-0.2, -0.15) is 0 Å². The van der Waals surface area contributed by atoms with Crippen molar-refractivity contribution in [3.8, 4) is 0 Å². The summed E-state index contributed by atoms with van der Waals surface area (Å²) >= 11 is 0. The smallest absolute Gasteiger partial charge is 0.110 e. The van der Waals surface area contributed by atoms with Gasteiger partial charge in [0.25, 0.3) is 0 Å². The third kappa shape index (κ3) is 2.13. The van der Waals surface area contributed by atoms with Crippen molar-refractivity contribution in [2.24, 2.45) is 0 Å². The summed E-state index contributed by atoms with van der Waals surface area (Å²) in [5.74, 6) is 0. The summed E-state index contributed by atoms with van der Waals surface area (Å²) < 4.78 is 10.1. The third-order valence-corrected chi connectivity index (χ3v) is 1.74. The minimum atomic E-state index is -0.790. The van der Waals surface area contributed by atoms with Crippen LogP contribution in [0.25, 0.3) is 0 Å². The Kier molecular flexibility index (Phi) is 3.26. The van der Waals surface area contributed by atoms with Crippen LogP contribution in [0.2, 0.25) is 0 Å². The van der Waals surface area contributed by atoms with E-state index >= 15 is 0 Å². The number of aliphatic hydroxyl groups is 2. The Hall–Kier alpha value is -0.160. The van der Waals surface area contributed by atoms with Crippen molar-refractivity contribution in [3.63, 3.8) is 0 Å². The Morgan fingerprint density at radius 3 is 2.73 bits per heavy atom. The Bertz CT molecular complexity index is 117. The van der Waals surface area contributed by atoms with Gasteiger partial charge in [-0.3, -0.25) is 0 Å². The number of aliphatic hydroxyl groups excluding tert-OH is 2. The molecule has 1 fully saturated rings. The molecule has 0 bridgehead atoms. The van der Waals surface area contributed by atoms with Gasteiger partial charge in [0, 0.05) is 6.61 Å². The molecule has 2 N–H and O–H groups in total. The fraction of sp³-hybridized carbons (Fsp3) is 1.00. The van der Waals surface area contributed by atoms with Gasteiger partial charge in [0.15, 0.2) is 0 Å². The lowest BCUT2D eigenvalue weighted by Crippen LogP contribution is -2.32.